The van der Waals surface area contributed by atoms with Gasteiger partial charge in [0.25, 0.3) is 0 Å². The fourth-order valence-corrected chi connectivity index (χ4v) is 2.89. The Morgan fingerprint density at radius 3 is 2.70 bits per heavy atom. The summed E-state index contributed by atoms with van der Waals surface area (Å²) in [6.45, 7) is 2.58. The number of hydrogen-bond acceptors (Lipinski definition) is 5. The van der Waals surface area contributed by atoms with E-state index in [2.05, 4.69) is 5.32 Å². The van der Waals surface area contributed by atoms with E-state index in [4.69, 9.17) is 9.47 Å². The molecule has 1 aromatic rings. The second-order valence-electron chi connectivity index (χ2n) is 5.96. The van der Waals surface area contributed by atoms with Crippen LogP contribution in [0, 0.1) is 15.5 Å². The highest BCUT2D eigenvalue weighted by atomic mass is 16.6. The predicted molar refractivity (Wildman–Crippen MR) is 70.7 cm³/mol. The molecule has 0 radical (unpaired) electrons. The van der Waals surface area contributed by atoms with Gasteiger partial charge in [-0.3, -0.25) is 10.1 Å². The molecule has 2 heterocycles. The van der Waals surface area contributed by atoms with E-state index in [1.807, 2.05) is 6.07 Å². The van der Waals surface area contributed by atoms with Crippen molar-refractivity contribution in [3.8, 4) is 5.75 Å². The van der Waals surface area contributed by atoms with Gasteiger partial charge in [0.2, 0.25) is 0 Å². The van der Waals surface area contributed by atoms with Crippen LogP contribution in [-0.4, -0.2) is 30.7 Å². The van der Waals surface area contributed by atoms with Crippen LogP contribution < -0.4 is 10.1 Å². The van der Waals surface area contributed by atoms with E-state index in [0.29, 0.717) is 5.75 Å². The zero-order valence-electron chi connectivity index (χ0n) is 11.0. The maximum Gasteiger partial charge on any atom is 0.311 e. The highest BCUT2D eigenvalue weighted by Crippen LogP contribution is 2.50. The Morgan fingerprint density at radius 1 is 1.40 bits per heavy atom. The molecule has 6 nitrogen and oxygen atoms in total. The summed E-state index contributed by atoms with van der Waals surface area (Å²) >= 11 is 0. The lowest BCUT2D eigenvalue weighted by Crippen LogP contribution is -2.65. The van der Waals surface area contributed by atoms with Crippen molar-refractivity contribution in [1.29, 1.82) is 0 Å². The highest BCUT2D eigenvalue weighted by Gasteiger charge is 2.53. The first kappa shape index (κ1) is 12.1. The summed E-state index contributed by atoms with van der Waals surface area (Å²) in [6, 6.07) is 5.23. The molecule has 1 saturated carbocycles. The van der Waals surface area contributed by atoms with Crippen molar-refractivity contribution in [1.82, 2.24) is 5.32 Å². The topological polar surface area (TPSA) is 73.6 Å². The maximum absolute atomic E-state index is 11.2. The molecule has 3 fully saturated rings. The molecule has 1 unspecified atom stereocenters. The Kier molecular flexibility index (Phi) is 2.52. The molecule has 4 rings (SSSR count). The van der Waals surface area contributed by atoms with Gasteiger partial charge in [-0.25, -0.2) is 0 Å². The van der Waals surface area contributed by atoms with E-state index in [-0.39, 0.29) is 28.2 Å². The van der Waals surface area contributed by atoms with Crippen molar-refractivity contribution < 1.29 is 14.4 Å². The number of ether oxygens (including phenoxy) is 2. The van der Waals surface area contributed by atoms with Gasteiger partial charge < -0.3 is 14.8 Å². The molecule has 0 bridgehead atoms. The zero-order valence-corrected chi connectivity index (χ0v) is 11.0. The van der Waals surface area contributed by atoms with Crippen molar-refractivity contribution in [2.75, 3.05) is 19.7 Å². The summed E-state index contributed by atoms with van der Waals surface area (Å²) < 4.78 is 11.2. The van der Waals surface area contributed by atoms with Gasteiger partial charge in [0, 0.05) is 24.6 Å². The molecule has 2 saturated heterocycles. The Hall–Kier alpha value is -1.66. The van der Waals surface area contributed by atoms with Crippen LogP contribution in [0.4, 0.5) is 5.69 Å². The molecule has 6 heteroatoms. The number of nitrogens with zero attached hydrogens (tertiary/aromatic N) is 1. The summed E-state index contributed by atoms with van der Waals surface area (Å²) in [5.74, 6) is 0.376. The monoisotopic (exact) mass is 276 g/mol. The first-order valence-electron chi connectivity index (χ1n) is 6.95. The van der Waals surface area contributed by atoms with Crippen LogP contribution in [0.15, 0.2) is 18.2 Å². The number of nitro groups is 1. The van der Waals surface area contributed by atoms with Gasteiger partial charge in [-0.05, 0) is 24.5 Å². The predicted octanol–water partition coefficient (Wildman–Crippen LogP) is 1.80. The number of rotatable bonds is 4. The third-order valence-electron chi connectivity index (χ3n) is 4.35. The SMILES string of the molecule is O=[N+]([O-])c1cc(C2OCC23CNC3)ccc1OC1CC1. The Balaban J connectivity index is 1.63. The standard InChI is InChI=1S/C14H16N2O4/c17-16(18)11-5-9(1-4-12(11)20-10-2-3-10)13-14(8-19-13)6-15-7-14/h1,4-5,10,13,15H,2-3,6-8H2. The van der Waals surface area contributed by atoms with Crippen LogP contribution in [0.5, 0.6) is 5.75 Å². The van der Waals surface area contributed by atoms with Crippen LogP contribution in [0.25, 0.3) is 0 Å². The summed E-state index contributed by atoms with van der Waals surface area (Å²) in [7, 11) is 0. The van der Waals surface area contributed by atoms with Crippen molar-refractivity contribution in [3.05, 3.63) is 33.9 Å². The number of hydrogen-bond donors (Lipinski definition) is 1. The van der Waals surface area contributed by atoms with Crippen molar-refractivity contribution in [2.45, 2.75) is 25.0 Å². The smallest absolute Gasteiger partial charge is 0.311 e. The largest absolute Gasteiger partial charge is 0.483 e. The lowest BCUT2D eigenvalue weighted by molar-refractivity contribution is -0.386. The first-order valence-corrected chi connectivity index (χ1v) is 6.95. The second-order valence-corrected chi connectivity index (χ2v) is 5.96. The Bertz CT molecular complexity index is 561. The Labute approximate surface area is 116 Å². The van der Waals surface area contributed by atoms with E-state index in [9.17, 15) is 10.1 Å². The van der Waals surface area contributed by atoms with E-state index in [1.54, 1.807) is 12.1 Å². The van der Waals surface area contributed by atoms with Crippen molar-refractivity contribution in [3.63, 3.8) is 0 Å². The van der Waals surface area contributed by atoms with E-state index in [0.717, 1.165) is 38.1 Å². The molecule has 1 N–H and O–H groups in total. The molecule has 0 amide bonds. The minimum Gasteiger partial charge on any atom is -0.483 e. The normalized spacial score (nSPS) is 26.7. The molecular formula is C14H16N2O4. The Morgan fingerprint density at radius 2 is 2.20 bits per heavy atom. The zero-order chi connectivity index (χ0) is 13.7. The summed E-state index contributed by atoms with van der Waals surface area (Å²) in [6.07, 6.45) is 2.10. The lowest BCUT2D eigenvalue weighted by Gasteiger charge is -2.55. The molecular weight excluding hydrogens is 260 g/mol. The molecule has 1 atom stereocenters. The molecule has 1 aromatic carbocycles. The molecule has 1 spiro atoms. The molecule has 3 aliphatic rings. The fraction of sp³-hybridized carbons (Fsp3) is 0.571. The number of nitro benzene ring substituents is 1. The molecule has 1 aliphatic carbocycles. The molecule has 106 valence electrons. The van der Waals surface area contributed by atoms with Gasteiger partial charge in [0.1, 0.15) is 0 Å². The third-order valence-corrected chi connectivity index (χ3v) is 4.35. The van der Waals surface area contributed by atoms with Crippen LogP contribution >= 0.6 is 0 Å². The van der Waals surface area contributed by atoms with E-state index < -0.39 is 0 Å². The van der Waals surface area contributed by atoms with E-state index >= 15 is 0 Å². The van der Waals surface area contributed by atoms with E-state index in [1.165, 1.54) is 0 Å². The minimum absolute atomic E-state index is 0.0302. The van der Waals surface area contributed by atoms with Gasteiger partial charge in [0.15, 0.2) is 5.75 Å². The number of benzene rings is 1. The molecule has 2 aliphatic heterocycles. The molecule has 0 aromatic heterocycles. The van der Waals surface area contributed by atoms with Crippen LogP contribution in [0.3, 0.4) is 0 Å². The average Bonchev–Trinajstić information content (AvgIpc) is 3.11. The summed E-state index contributed by atoms with van der Waals surface area (Å²) in [5, 5.41) is 14.5. The van der Waals surface area contributed by atoms with Gasteiger partial charge in [-0.15, -0.1) is 0 Å². The average molecular weight is 276 g/mol. The quantitative estimate of drug-likeness (QED) is 0.670. The highest BCUT2D eigenvalue weighted by molar-refractivity contribution is 5.50. The molecule has 20 heavy (non-hydrogen) atoms. The van der Waals surface area contributed by atoms with Crippen LogP contribution in [0.1, 0.15) is 24.5 Å². The van der Waals surface area contributed by atoms with Crippen LogP contribution in [-0.2, 0) is 4.74 Å². The maximum atomic E-state index is 11.2. The van der Waals surface area contributed by atoms with Crippen molar-refractivity contribution in [2.24, 2.45) is 5.41 Å². The first-order chi connectivity index (χ1) is 9.68. The van der Waals surface area contributed by atoms with Crippen molar-refractivity contribution >= 4 is 5.69 Å². The fourth-order valence-electron chi connectivity index (χ4n) is 2.89. The van der Waals surface area contributed by atoms with Gasteiger partial charge >= 0.3 is 5.69 Å². The second kappa shape index (κ2) is 4.17. The summed E-state index contributed by atoms with van der Waals surface area (Å²) in [4.78, 5) is 10.9. The minimum atomic E-state index is -0.369. The van der Waals surface area contributed by atoms with Crippen LogP contribution in [0.2, 0.25) is 0 Å². The lowest BCUT2D eigenvalue weighted by atomic mass is 9.70. The number of nitrogens with one attached hydrogen (secondary N) is 1. The third kappa shape index (κ3) is 1.79. The summed E-state index contributed by atoms with van der Waals surface area (Å²) in [5.41, 5.74) is 1.08. The van der Waals surface area contributed by atoms with Gasteiger partial charge in [-0.1, -0.05) is 6.07 Å². The van der Waals surface area contributed by atoms with Gasteiger partial charge in [-0.2, -0.15) is 0 Å². The van der Waals surface area contributed by atoms with Gasteiger partial charge in [0.05, 0.1) is 23.7 Å².